The van der Waals surface area contributed by atoms with Gasteiger partial charge in [-0.3, -0.25) is 4.79 Å². The predicted octanol–water partition coefficient (Wildman–Crippen LogP) is 4.79. The Balaban J connectivity index is 1.72. The summed E-state index contributed by atoms with van der Waals surface area (Å²) in [7, 11) is 0. The zero-order valence-corrected chi connectivity index (χ0v) is 13.7. The van der Waals surface area contributed by atoms with E-state index in [-0.39, 0.29) is 17.0 Å². The molecule has 2 aromatic rings. The van der Waals surface area contributed by atoms with Crippen LogP contribution in [-0.4, -0.2) is 17.1 Å². The van der Waals surface area contributed by atoms with Gasteiger partial charge in [0.2, 0.25) is 0 Å². The number of phenols is 1. The maximum absolute atomic E-state index is 14.2. The maximum atomic E-state index is 14.2. The third-order valence-corrected chi connectivity index (χ3v) is 4.38. The predicted molar refractivity (Wildman–Crippen MR) is 93.3 cm³/mol. The van der Waals surface area contributed by atoms with E-state index in [0.717, 1.165) is 12.8 Å². The molecule has 0 saturated heterocycles. The highest BCUT2D eigenvalue weighted by Crippen LogP contribution is 2.26. The molecule has 0 aliphatic heterocycles. The van der Waals surface area contributed by atoms with Gasteiger partial charge in [0.15, 0.2) is 0 Å². The number of carbonyl (C=O) groups excluding carboxylic acids is 1. The Morgan fingerprint density at radius 3 is 2.62 bits per heavy atom. The number of anilines is 2. The fourth-order valence-electron chi connectivity index (χ4n) is 2.89. The number of rotatable bonds is 4. The van der Waals surface area contributed by atoms with Gasteiger partial charge in [0.05, 0.1) is 11.3 Å². The molecule has 0 aromatic heterocycles. The van der Waals surface area contributed by atoms with E-state index in [1.165, 1.54) is 43.2 Å². The van der Waals surface area contributed by atoms with Gasteiger partial charge in [-0.15, -0.1) is 0 Å². The minimum Gasteiger partial charge on any atom is -0.507 e. The second-order valence-electron chi connectivity index (χ2n) is 5.94. The third-order valence-electron chi connectivity index (χ3n) is 4.15. The minimum absolute atomic E-state index is 0.00458. The Morgan fingerprint density at radius 1 is 1.17 bits per heavy atom. The van der Waals surface area contributed by atoms with Gasteiger partial charge in [0.1, 0.15) is 11.6 Å². The number of nitrogens with one attached hydrogen (secondary N) is 2. The number of carbonyl (C=O) groups is 1. The average Bonchev–Trinajstić information content (AvgIpc) is 3.05. The Kier molecular flexibility index (Phi) is 4.90. The van der Waals surface area contributed by atoms with Crippen molar-refractivity contribution in [2.24, 2.45) is 0 Å². The zero-order valence-electron chi connectivity index (χ0n) is 13.0. The van der Waals surface area contributed by atoms with Crippen molar-refractivity contribution in [2.75, 3.05) is 10.6 Å². The van der Waals surface area contributed by atoms with Crippen LogP contribution in [0.5, 0.6) is 5.75 Å². The number of aromatic hydroxyl groups is 1. The minimum atomic E-state index is -0.620. The van der Waals surface area contributed by atoms with Crippen LogP contribution < -0.4 is 10.6 Å². The summed E-state index contributed by atoms with van der Waals surface area (Å²) in [6.45, 7) is 0. The largest absolute Gasteiger partial charge is 0.507 e. The Bertz CT molecular complexity index is 761. The molecule has 1 fully saturated rings. The molecule has 126 valence electrons. The molecule has 3 rings (SSSR count). The van der Waals surface area contributed by atoms with Crippen molar-refractivity contribution in [1.29, 1.82) is 0 Å². The van der Waals surface area contributed by atoms with Crippen LogP contribution in [0.3, 0.4) is 0 Å². The van der Waals surface area contributed by atoms with Crippen molar-refractivity contribution in [3.63, 3.8) is 0 Å². The summed E-state index contributed by atoms with van der Waals surface area (Å²) in [5.74, 6) is -1.37. The van der Waals surface area contributed by atoms with E-state index in [0.29, 0.717) is 16.8 Å². The van der Waals surface area contributed by atoms with Gasteiger partial charge in [-0.05, 0) is 49.2 Å². The first-order valence-electron chi connectivity index (χ1n) is 7.89. The highest BCUT2D eigenvalue weighted by molar-refractivity contribution is 6.31. The lowest BCUT2D eigenvalue weighted by atomic mass is 10.1. The molecule has 0 heterocycles. The molecule has 24 heavy (non-hydrogen) atoms. The van der Waals surface area contributed by atoms with Gasteiger partial charge in [-0.1, -0.05) is 24.4 Å². The summed E-state index contributed by atoms with van der Waals surface area (Å²) in [4.78, 5) is 12.2. The van der Waals surface area contributed by atoms with Gasteiger partial charge in [-0.2, -0.15) is 0 Å². The zero-order chi connectivity index (χ0) is 17.1. The Hall–Kier alpha value is -2.27. The third kappa shape index (κ3) is 3.79. The molecular weight excluding hydrogens is 331 g/mol. The molecule has 0 atom stereocenters. The first-order chi connectivity index (χ1) is 11.5. The number of benzene rings is 2. The van der Waals surface area contributed by atoms with Crippen LogP contribution in [0.25, 0.3) is 0 Å². The van der Waals surface area contributed by atoms with Crippen molar-refractivity contribution >= 4 is 28.9 Å². The fourth-order valence-corrected chi connectivity index (χ4v) is 3.06. The van der Waals surface area contributed by atoms with E-state index in [1.807, 2.05) is 0 Å². The summed E-state index contributed by atoms with van der Waals surface area (Å²) < 4.78 is 14.2. The van der Waals surface area contributed by atoms with E-state index in [1.54, 1.807) is 6.07 Å². The summed E-state index contributed by atoms with van der Waals surface area (Å²) >= 11 is 5.82. The summed E-state index contributed by atoms with van der Waals surface area (Å²) in [6, 6.07) is 9.11. The maximum Gasteiger partial charge on any atom is 0.259 e. The molecule has 0 unspecified atom stereocenters. The van der Waals surface area contributed by atoms with E-state index < -0.39 is 11.7 Å². The van der Waals surface area contributed by atoms with Gasteiger partial charge < -0.3 is 15.7 Å². The van der Waals surface area contributed by atoms with Gasteiger partial charge in [0, 0.05) is 16.8 Å². The van der Waals surface area contributed by atoms with Crippen molar-refractivity contribution < 1.29 is 14.3 Å². The molecule has 1 amide bonds. The van der Waals surface area contributed by atoms with Crippen molar-refractivity contribution in [1.82, 2.24) is 0 Å². The second-order valence-corrected chi connectivity index (χ2v) is 6.37. The number of hydrogen-bond donors (Lipinski definition) is 3. The first kappa shape index (κ1) is 16.6. The number of halogens is 2. The SMILES string of the molecule is O=C(Nc1ccc(NC2CCCC2)cc1F)c1cc(Cl)ccc1O. The smallest absolute Gasteiger partial charge is 0.259 e. The van der Waals surface area contributed by atoms with E-state index in [2.05, 4.69) is 10.6 Å². The Morgan fingerprint density at radius 2 is 1.92 bits per heavy atom. The summed E-state index contributed by atoms with van der Waals surface area (Å²) in [6.07, 6.45) is 4.57. The van der Waals surface area contributed by atoms with Crippen molar-refractivity contribution in [2.45, 2.75) is 31.7 Å². The van der Waals surface area contributed by atoms with Crippen LogP contribution in [0.15, 0.2) is 36.4 Å². The van der Waals surface area contributed by atoms with Crippen LogP contribution in [0.1, 0.15) is 36.0 Å². The molecular formula is C18H18ClFN2O2. The highest BCUT2D eigenvalue weighted by atomic mass is 35.5. The van der Waals surface area contributed by atoms with E-state index >= 15 is 0 Å². The number of phenolic OH excluding ortho intramolecular Hbond substituents is 1. The average molecular weight is 349 g/mol. The normalized spacial score (nSPS) is 14.6. The van der Waals surface area contributed by atoms with Crippen LogP contribution in [0.2, 0.25) is 5.02 Å². The molecule has 6 heteroatoms. The molecule has 0 spiro atoms. The second kappa shape index (κ2) is 7.09. The van der Waals surface area contributed by atoms with Crippen LogP contribution in [0, 0.1) is 5.82 Å². The molecule has 3 N–H and O–H groups in total. The Labute approximate surface area is 144 Å². The standard InChI is InChI=1S/C18H18ClFN2O2/c19-11-5-8-17(23)14(9-11)18(24)22-16-7-6-13(10-15(16)20)21-12-3-1-2-4-12/h5-10,12,21,23H,1-4H2,(H,22,24). The summed E-state index contributed by atoms with van der Waals surface area (Å²) in [5, 5.41) is 15.8. The molecule has 1 aliphatic carbocycles. The van der Waals surface area contributed by atoms with Gasteiger partial charge in [0.25, 0.3) is 5.91 Å². The highest BCUT2D eigenvalue weighted by Gasteiger charge is 2.17. The molecule has 1 saturated carbocycles. The lowest BCUT2D eigenvalue weighted by Crippen LogP contribution is -2.16. The quantitative estimate of drug-likeness (QED) is 0.744. The van der Waals surface area contributed by atoms with Crippen molar-refractivity contribution in [3.8, 4) is 5.75 Å². The molecule has 4 nitrogen and oxygen atoms in total. The topological polar surface area (TPSA) is 61.4 Å². The monoisotopic (exact) mass is 348 g/mol. The molecule has 2 aromatic carbocycles. The lowest BCUT2D eigenvalue weighted by molar-refractivity contribution is 0.102. The number of hydrogen-bond acceptors (Lipinski definition) is 3. The molecule has 0 radical (unpaired) electrons. The lowest BCUT2D eigenvalue weighted by Gasteiger charge is -2.15. The molecule has 0 bridgehead atoms. The first-order valence-corrected chi connectivity index (χ1v) is 8.26. The van der Waals surface area contributed by atoms with Crippen molar-refractivity contribution in [3.05, 3.63) is 52.8 Å². The van der Waals surface area contributed by atoms with Gasteiger partial charge >= 0.3 is 0 Å². The summed E-state index contributed by atoms with van der Waals surface area (Å²) in [5.41, 5.74) is 0.745. The van der Waals surface area contributed by atoms with Crippen LogP contribution in [0.4, 0.5) is 15.8 Å². The van der Waals surface area contributed by atoms with Crippen LogP contribution >= 0.6 is 11.6 Å². The number of amides is 1. The molecule has 1 aliphatic rings. The van der Waals surface area contributed by atoms with E-state index in [9.17, 15) is 14.3 Å². The fraction of sp³-hybridized carbons (Fsp3) is 0.278. The van der Waals surface area contributed by atoms with E-state index in [4.69, 9.17) is 11.6 Å². The van der Waals surface area contributed by atoms with Gasteiger partial charge in [-0.25, -0.2) is 4.39 Å². The van der Waals surface area contributed by atoms with Crippen LogP contribution in [-0.2, 0) is 0 Å².